The second-order valence-electron chi connectivity index (χ2n) is 5.11. The topological polar surface area (TPSA) is 46.3 Å². The van der Waals surface area contributed by atoms with Crippen LogP contribution in [0.5, 0.6) is 0 Å². The average Bonchev–Trinajstić information content (AvgIpc) is 2.12. The monoisotopic (exact) mass is 214 g/mol. The van der Waals surface area contributed by atoms with Gasteiger partial charge in [-0.15, -0.1) is 0 Å². The molecule has 1 amide bonds. The molecular formula is C12H26N2O. The molecule has 0 saturated carbocycles. The summed E-state index contributed by atoms with van der Waals surface area (Å²) in [5, 5.41) is 0. The standard InChI is InChI=1S/C12H26N2O/c1-9(2)8-12(15)14(5)7-6-11(13)10(3)4/h9-11H,6-8,13H2,1-5H3. The lowest BCUT2D eigenvalue weighted by atomic mass is 10.0. The second kappa shape index (κ2) is 6.83. The van der Waals surface area contributed by atoms with Crippen LogP contribution in [0.3, 0.4) is 0 Å². The zero-order valence-corrected chi connectivity index (χ0v) is 10.8. The third-order valence-corrected chi connectivity index (χ3v) is 2.66. The van der Waals surface area contributed by atoms with Crippen molar-refractivity contribution in [3.8, 4) is 0 Å². The minimum atomic E-state index is 0.194. The molecule has 0 spiro atoms. The van der Waals surface area contributed by atoms with Gasteiger partial charge in [0.15, 0.2) is 0 Å². The molecule has 0 fully saturated rings. The highest BCUT2D eigenvalue weighted by Crippen LogP contribution is 2.06. The van der Waals surface area contributed by atoms with Crippen molar-refractivity contribution in [3.05, 3.63) is 0 Å². The Kier molecular flexibility index (Phi) is 6.57. The van der Waals surface area contributed by atoms with E-state index < -0.39 is 0 Å². The third-order valence-electron chi connectivity index (χ3n) is 2.66. The summed E-state index contributed by atoms with van der Waals surface area (Å²) in [5.41, 5.74) is 5.93. The van der Waals surface area contributed by atoms with Gasteiger partial charge < -0.3 is 10.6 Å². The van der Waals surface area contributed by atoms with Crippen LogP contribution in [-0.4, -0.2) is 30.4 Å². The summed E-state index contributed by atoms with van der Waals surface area (Å²) in [6.45, 7) is 9.11. The van der Waals surface area contributed by atoms with Crippen LogP contribution < -0.4 is 5.73 Å². The molecule has 0 aliphatic heterocycles. The molecule has 2 N–H and O–H groups in total. The Bertz CT molecular complexity index is 190. The number of hydrogen-bond acceptors (Lipinski definition) is 2. The van der Waals surface area contributed by atoms with Gasteiger partial charge in [-0.05, 0) is 18.3 Å². The van der Waals surface area contributed by atoms with Crippen molar-refractivity contribution in [3.63, 3.8) is 0 Å². The number of amides is 1. The Morgan fingerprint density at radius 2 is 1.80 bits per heavy atom. The fourth-order valence-corrected chi connectivity index (χ4v) is 1.31. The van der Waals surface area contributed by atoms with Crippen molar-refractivity contribution >= 4 is 5.91 Å². The molecule has 0 rings (SSSR count). The van der Waals surface area contributed by atoms with Crippen LogP contribution in [0.25, 0.3) is 0 Å². The molecule has 0 aromatic carbocycles. The van der Waals surface area contributed by atoms with Gasteiger partial charge in [0.2, 0.25) is 5.91 Å². The molecule has 0 aromatic rings. The lowest BCUT2D eigenvalue weighted by molar-refractivity contribution is -0.130. The minimum Gasteiger partial charge on any atom is -0.346 e. The first-order chi connectivity index (χ1) is 6.84. The average molecular weight is 214 g/mol. The Morgan fingerprint density at radius 3 is 2.20 bits per heavy atom. The van der Waals surface area contributed by atoms with E-state index in [1.165, 1.54) is 0 Å². The molecule has 0 bridgehead atoms. The van der Waals surface area contributed by atoms with Crippen molar-refractivity contribution in [1.29, 1.82) is 0 Å². The first-order valence-electron chi connectivity index (χ1n) is 5.84. The van der Waals surface area contributed by atoms with E-state index >= 15 is 0 Å². The Labute approximate surface area is 94.0 Å². The van der Waals surface area contributed by atoms with E-state index in [9.17, 15) is 4.79 Å². The molecule has 0 radical (unpaired) electrons. The quantitative estimate of drug-likeness (QED) is 0.733. The van der Waals surface area contributed by atoms with Crippen molar-refractivity contribution in [2.75, 3.05) is 13.6 Å². The van der Waals surface area contributed by atoms with E-state index in [4.69, 9.17) is 5.73 Å². The number of rotatable bonds is 6. The van der Waals surface area contributed by atoms with Crippen molar-refractivity contribution in [2.24, 2.45) is 17.6 Å². The highest BCUT2D eigenvalue weighted by Gasteiger charge is 2.13. The van der Waals surface area contributed by atoms with Gasteiger partial charge in [-0.1, -0.05) is 27.7 Å². The second-order valence-corrected chi connectivity index (χ2v) is 5.11. The molecule has 0 aliphatic carbocycles. The van der Waals surface area contributed by atoms with E-state index in [2.05, 4.69) is 27.7 Å². The van der Waals surface area contributed by atoms with Gasteiger partial charge in [0.25, 0.3) is 0 Å². The van der Waals surface area contributed by atoms with Crippen molar-refractivity contribution in [1.82, 2.24) is 4.90 Å². The van der Waals surface area contributed by atoms with Crippen LogP contribution in [0.2, 0.25) is 0 Å². The first-order valence-corrected chi connectivity index (χ1v) is 5.84. The summed E-state index contributed by atoms with van der Waals surface area (Å²) in [6.07, 6.45) is 1.52. The largest absolute Gasteiger partial charge is 0.346 e. The van der Waals surface area contributed by atoms with Crippen LogP contribution in [0.15, 0.2) is 0 Å². The molecule has 0 aromatic heterocycles. The predicted octanol–water partition coefficient (Wildman–Crippen LogP) is 1.86. The molecule has 15 heavy (non-hydrogen) atoms. The van der Waals surface area contributed by atoms with Gasteiger partial charge in [0.1, 0.15) is 0 Å². The summed E-state index contributed by atoms with van der Waals surface area (Å²) >= 11 is 0. The van der Waals surface area contributed by atoms with E-state index in [1.54, 1.807) is 4.90 Å². The minimum absolute atomic E-state index is 0.194. The highest BCUT2D eigenvalue weighted by atomic mass is 16.2. The fraction of sp³-hybridized carbons (Fsp3) is 0.917. The SMILES string of the molecule is CC(C)CC(=O)N(C)CCC(N)C(C)C. The van der Waals surface area contributed by atoms with Crippen LogP contribution in [0.4, 0.5) is 0 Å². The van der Waals surface area contributed by atoms with Gasteiger partial charge >= 0.3 is 0 Å². The lowest BCUT2D eigenvalue weighted by Crippen LogP contribution is -2.35. The molecule has 1 atom stereocenters. The molecule has 0 saturated heterocycles. The molecule has 3 nitrogen and oxygen atoms in total. The summed E-state index contributed by atoms with van der Waals surface area (Å²) in [4.78, 5) is 13.4. The molecule has 90 valence electrons. The Balaban J connectivity index is 3.83. The van der Waals surface area contributed by atoms with Crippen LogP contribution in [0.1, 0.15) is 40.5 Å². The number of carbonyl (C=O) groups is 1. The molecule has 3 heteroatoms. The van der Waals surface area contributed by atoms with Crippen LogP contribution >= 0.6 is 0 Å². The number of nitrogens with two attached hydrogens (primary N) is 1. The zero-order valence-electron chi connectivity index (χ0n) is 10.8. The number of hydrogen-bond donors (Lipinski definition) is 1. The molecule has 0 aliphatic rings. The maximum Gasteiger partial charge on any atom is 0.222 e. The predicted molar refractivity (Wildman–Crippen MR) is 64.5 cm³/mol. The summed E-state index contributed by atoms with van der Waals surface area (Å²) < 4.78 is 0. The fourth-order valence-electron chi connectivity index (χ4n) is 1.31. The van der Waals surface area contributed by atoms with Crippen LogP contribution in [-0.2, 0) is 4.79 Å². The maximum absolute atomic E-state index is 11.6. The first kappa shape index (κ1) is 14.4. The Morgan fingerprint density at radius 1 is 1.27 bits per heavy atom. The molecule has 1 unspecified atom stereocenters. The molecular weight excluding hydrogens is 188 g/mol. The lowest BCUT2D eigenvalue weighted by Gasteiger charge is -2.22. The highest BCUT2D eigenvalue weighted by molar-refractivity contribution is 5.75. The van der Waals surface area contributed by atoms with Crippen molar-refractivity contribution < 1.29 is 4.79 Å². The number of nitrogens with zero attached hydrogens (tertiary/aromatic N) is 1. The van der Waals surface area contributed by atoms with Gasteiger partial charge in [-0.2, -0.15) is 0 Å². The van der Waals surface area contributed by atoms with E-state index in [1.807, 2.05) is 7.05 Å². The van der Waals surface area contributed by atoms with Crippen LogP contribution in [0, 0.1) is 11.8 Å². The van der Waals surface area contributed by atoms with Gasteiger partial charge in [0, 0.05) is 26.1 Å². The summed E-state index contributed by atoms with van der Waals surface area (Å²) in [5.74, 6) is 1.14. The Hall–Kier alpha value is -0.570. The van der Waals surface area contributed by atoms with Gasteiger partial charge in [-0.3, -0.25) is 4.79 Å². The number of carbonyl (C=O) groups excluding carboxylic acids is 1. The van der Waals surface area contributed by atoms with E-state index in [0.717, 1.165) is 13.0 Å². The normalized spacial score (nSPS) is 13.3. The summed E-state index contributed by atoms with van der Waals surface area (Å²) in [7, 11) is 1.86. The van der Waals surface area contributed by atoms with Crippen molar-refractivity contribution in [2.45, 2.75) is 46.6 Å². The maximum atomic E-state index is 11.6. The van der Waals surface area contributed by atoms with E-state index in [0.29, 0.717) is 18.3 Å². The van der Waals surface area contributed by atoms with Gasteiger partial charge in [-0.25, -0.2) is 0 Å². The third kappa shape index (κ3) is 6.50. The smallest absolute Gasteiger partial charge is 0.222 e. The van der Waals surface area contributed by atoms with Gasteiger partial charge in [0.05, 0.1) is 0 Å². The molecule has 0 heterocycles. The zero-order chi connectivity index (χ0) is 12.0. The van der Waals surface area contributed by atoms with E-state index in [-0.39, 0.29) is 11.9 Å². The summed E-state index contributed by atoms with van der Waals surface area (Å²) in [6, 6.07) is 0.194.